The molecule has 1 aliphatic rings. The largest absolute Gasteiger partial charge is 0.417 e. The molecular weight excluding hydrogens is 630 g/mol. The minimum Gasteiger partial charge on any atom is -0.366 e. The third kappa shape index (κ3) is 6.78. The van der Waals surface area contributed by atoms with Crippen LogP contribution in [0, 0.1) is 0 Å². The van der Waals surface area contributed by atoms with Gasteiger partial charge >= 0.3 is 12.4 Å². The van der Waals surface area contributed by atoms with Crippen molar-refractivity contribution < 1.29 is 53.9 Å². The molecule has 0 spiro atoms. The first-order valence-corrected chi connectivity index (χ1v) is 11.8. The van der Waals surface area contributed by atoms with E-state index in [2.05, 4.69) is 4.84 Å². The van der Waals surface area contributed by atoms with Crippen LogP contribution in [0.1, 0.15) is 44.4 Å². The number of rotatable bonds is 7. The minimum absolute atomic E-state index is 0.206. The van der Waals surface area contributed by atoms with Crippen molar-refractivity contribution in [2.75, 3.05) is 13.2 Å². The fourth-order valence-corrected chi connectivity index (χ4v) is 4.61. The summed E-state index contributed by atoms with van der Waals surface area (Å²) in [7, 11) is 0. The van der Waals surface area contributed by atoms with Gasteiger partial charge in [0, 0.05) is 5.56 Å². The van der Waals surface area contributed by atoms with Gasteiger partial charge in [-0.2, -0.15) is 26.3 Å². The van der Waals surface area contributed by atoms with Crippen LogP contribution in [-0.2, 0) is 15.8 Å². The second-order valence-electron chi connectivity index (χ2n) is 8.32. The molecule has 40 heavy (non-hydrogen) atoms. The summed E-state index contributed by atoms with van der Waals surface area (Å²) in [6.45, 7) is -3.14. The summed E-state index contributed by atoms with van der Waals surface area (Å²) in [6, 6.07) is 2.83. The van der Waals surface area contributed by atoms with Crippen LogP contribution in [0.3, 0.4) is 0 Å². The van der Waals surface area contributed by atoms with Crippen LogP contribution >= 0.6 is 34.8 Å². The molecule has 2 N–H and O–H groups in total. The van der Waals surface area contributed by atoms with Crippen LogP contribution < -0.4 is 5.73 Å². The summed E-state index contributed by atoms with van der Waals surface area (Å²) >= 11 is 17.5. The zero-order valence-corrected chi connectivity index (χ0v) is 21.6. The second-order valence-corrected chi connectivity index (χ2v) is 9.52. The molecule has 2 amide bonds. The maximum Gasteiger partial charge on any atom is 0.417 e. The van der Waals surface area contributed by atoms with Gasteiger partial charge in [0.25, 0.3) is 5.91 Å². The van der Waals surface area contributed by atoms with Gasteiger partial charge in [0.15, 0.2) is 0 Å². The van der Waals surface area contributed by atoms with E-state index in [9.17, 15) is 44.7 Å². The van der Waals surface area contributed by atoms with Crippen molar-refractivity contribution >= 4 is 52.4 Å². The van der Waals surface area contributed by atoms with Gasteiger partial charge in [-0.25, -0.2) is 18.2 Å². The summed E-state index contributed by atoms with van der Waals surface area (Å²) in [6.07, 6.45) is -13.7. The Morgan fingerprint density at radius 3 is 2.10 bits per heavy atom. The fraction of sp³-hybridized carbons (Fsp3) is 0.304. The highest BCUT2D eigenvalue weighted by Crippen LogP contribution is 2.45. The number of benzene rings is 2. The third-order valence-corrected chi connectivity index (χ3v) is 6.85. The quantitative estimate of drug-likeness (QED) is 0.250. The SMILES string of the molecule is NC(=O)c1ccc(/C(F)=C/C(c2cc(Cl)c(Cl)c(Cl)c2)C(F)F)c([C@@H]2CON(CC(F)(F)F)C2=O)c1C(F)(F)F. The highest BCUT2D eigenvalue weighted by atomic mass is 35.5. The molecule has 0 bridgehead atoms. The first kappa shape index (κ1) is 31.8. The monoisotopic (exact) mass is 642 g/mol. The molecule has 2 atom stereocenters. The number of nitrogens with zero attached hydrogens (tertiary/aromatic N) is 1. The normalized spacial score (nSPS) is 17.6. The van der Waals surface area contributed by atoms with Crippen LogP contribution in [0.5, 0.6) is 0 Å². The summed E-state index contributed by atoms with van der Waals surface area (Å²) < 4.78 is 125. The molecule has 1 saturated heterocycles. The number of halogens is 12. The van der Waals surface area contributed by atoms with E-state index in [-0.39, 0.29) is 26.2 Å². The highest BCUT2D eigenvalue weighted by Gasteiger charge is 2.47. The van der Waals surface area contributed by atoms with Crippen LogP contribution in [0.25, 0.3) is 5.83 Å². The Bertz CT molecular complexity index is 1340. The topological polar surface area (TPSA) is 72.6 Å². The summed E-state index contributed by atoms with van der Waals surface area (Å²) in [5, 5.41) is -1.08. The number of hydroxylamine groups is 2. The Kier molecular flexibility index (Phi) is 9.29. The Morgan fingerprint density at radius 2 is 1.62 bits per heavy atom. The van der Waals surface area contributed by atoms with Gasteiger partial charge in [0.05, 0.1) is 44.6 Å². The van der Waals surface area contributed by atoms with E-state index in [0.717, 1.165) is 12.1 Å². The Hall–Kier alpha value is -2.68. The molecule has 0 aliphatic carbocycles. The van der Waals surface area contributed by atoms with Crippen LogP contribution in [0.2, 0.25) is 15.1 Å². The third-order valence-electron chi connectivity index (χ3n) is 5.65. The van der Waals surface area contributed by atoms with Gasteiger partial charge in [-0.3, -0.25) is 14.4 Å². The molecule has 1 heterocycles. The first-order chi connectivity index (χ1) is 18.3. The van der Waals surface area contributed by atoms with Crippen LogP contribution in [0.4, 0.5) is 39.5 Å². The smallest absolute Gasteiger partial charge is 0.366 e. The lowest BCUT2D eigenvalue weighted by Crippen LogP contribution is -2.35. The number of carbonyl (C=O) groups is 2. The molecule has 17 heteroatoms. The summed E-state index contributed by atoms with van der Waals surface area (Å²) in [4.78, 5) is 29.1. The number of amides is 2. The molecule has 1 unspecified atom stereocenters. The maximum absolute atomic E-state index is 15.6. The average molecular weight is 644 g/mol. The van der Waals surface area contributed by atoms with Crippen molar-refractivity contribution in [3.8, 4) is 0 Å². The predicted molar refractivity (Wildman–Crippen MR) is 126 cm³/mol. The van der Waals surface area contributed by atoms with Crippen molar-refractivity contribution in [2.45, 2.75) is 30.6 Å². The van der Waals surface area contributed by atoms with Gasteiger partial charge in [0.1, 0.15) is 12.4 Å². The van der Waals surface area contributed by atoms with Crippen molar-refractivity contribution in [3.05, 3.63) is 73.2 Å². The standard InChI is InChI=1S/C23H14Cl3F9N2O3/c24-13-3-8(4-14(25)18(13)26)11(19(28)29)5-15(27)9-1-2-10(20(36)38)17(23(33,34)35)16(9)12-6-40-37(21(12)39)7-22(30,31)32/h1-5,11-12,19H,6-7H2,(H2,36,38)/b15-5-/t11?,12-/m0/s1. The second kappa shape index (κ2) is 11.7. The van der Waals surface area contributed by atoms with Crippen molar-refractivity contribution in [3.63, 3.8) is 0 Å². The lowest BCUT2D eigenvalue weighted by molar-refractivity contribution is -0.214. The molecule has 2 aromatic rings. The minimum atomic E-state index is -5.51. The van der Waals surface area contributed by atoms with Crippen LogP contribution in [0.15, 0.2) is 30.3 Å². The highest BCUT2D eigenvalue weighted by molar-refractivity contribution is 6.48. The molecule has 3 rings (SSSR count). The van der Waals surface area contributed by atoms with Crippen LogP contribution in [-0.4, -0.2) is 42.6 Å². The molecule has 0 radical (unpaired) electrons. The number of carbonyl (C=O) groups excluding carboxylic acids is 2. The molecule has 2 aromatic carbocycles. The van der Waals surface area contributed by atoms with E-state index >= 15 is 4.39 Å². The van der Waals surface area contributed by atoms with E-state index < -0.39 is 89.2 Å². The van der Waals surface area contributed by atoms with Gasteiger partial charge in [-0.15, -0.1) is 0 Å². The Morgan fingerprint density at radius 1 is 1.07 bits per heavy atom. The van der Waals surface area contributed by atoms with E-state index in [4.69, 9.17) is 40.5 Å². The number of nitrogens with two attached hydrogens (primary N) is 1. The fourth-order valence-electron chi connectivity index (χ4n) is 4.00. The molecule has 5 nitrogen and oxygen atoms in total. The number of hydrogen-bond donors (Lipinski definition) is 1. The molecule has 218 valence electrons. The average Bonchev–Trinajstić information content (AvgIpc) is 3.16. The molecule has 1 aliphatic heterocycles. The van der Waals surface area contributed by atoms with Crippen molar-refractivity contribution in [2.24, 2.45) is 5.73 Å². The van der Waals surface area contributed by atoms with Gasteiger partial charge in [0.2, 0.25) is 12.3 Å². The predicted octanol–water partition coefficient (Wildman–Crippen LogP) is 7.54. The molecule has 1 fully saturated rings. The van der Waals surface area contributed by atoms with Gasteiger partial charge < -0.3 is 5.73 Å². The van der Waals surface area contributed by atoms with Crippen molar-refractivity contribution in [1.29, 1.82) is 0 Å². The van der Waals surface area contributed by atoms with E-state index in [1.165, 1.54) is 0 Å². The zero-order chi connectivity index (χ0) is 30.3. The summed E-state index contributed by atoms with van der Waals surface area (Å²) in [5.74, 6) is -9.47. The number of alkyl halides is 8. The summed E-state index contributed by atoms with van der Waals surface area (Å²) in [5.41, 5.74) is -1.00. The first-order valence-electron chi connectivity index (χ1n) is 10.7. The molecule has 0 saturated carbocycles. The maximum atomic E-state index is 15.6. The molecule has 0 aromatic heterocycles. The lowest BCUT2D eigenvalue weighted by Gasteiger charge is -2.22. The number of allylic oxidation sites excluding steroid dienone is 1. The zero-order valence-electron chi connectivity index (χ0n) is 19.3. The van der Waals surface area contributed by atoms with E-state index in [1.54, 1.807) is 0 Å². The number of hydrogen-bond acceptors (Lipinski definition) is 3. The van der Waals surface area contributed by atoms with E-state index in [0.29, 0.717) is 12.1 Å². The number of primary amides is 1. The van der Waals surface area contributed by atoms with E-state index in [1.807, 2.05) is 0 Å². The molecular formula is C23H14Cl3F9N2O3. The van der Waals surface area contributed by atoms with Crippen molar-refractivity contribution in [1.82, 2.24) is 5.06 Å². The lowest BCUT2D eigenvalue weighted by atomic mass is 9.85. The van der Waals surface area contributed by atoms with Gasteiger partial charge in [-0.05, 0) is 35.4 Å². The Labute approximate surface area is 234 Å². The Balaban J connectivity index is 2.27. The van der Waals surface area contributed by atoms with Gasteiger partial charge in [-0.1, -0.05) is 40.9 Å².